The zero-order valence-corrected chi connectivity index (χ0v) is 14.8. The van der Waals surface area contributed by atoms with Crippen molar-refractivity contribution in [3.05, 3.63) is 69.1 Å². The van der Waals surface area contributed by atoms with Gasteiger partial charge in [0.2, 0.25) is 5.78 Å². The molecular formula is C18H16ClN3OS. The maximum atomic E-state index is 12.8. The molecule has 3 N–H and O–H groups in total. The fraction of sp³-hybridized carbons (Fsp3) is 0.111. The van der Waals surface area contributed by atoms with Crippen molar-refractivity contribution in [2.24, 2.45) is 0 Å². The van der Waals surface area contributed by atoms with E-state index in [9.17, 15) is 4.79 Å². The number of hydrogen-bond acceptors (Lipinski definition) is 5. The summed E-state index contributed by atoms with van der Waals surface area (Å²) >= 11 is 7.41. The van der Waals surface area contributed by atoms with E-state index in [1.807, 2.05) is 50.2 Å². The van der Waals surface area contributed by atoms with Gasteiger partial charge in [0.05, 0.1) is 5.02 Å². The SMILES string of the molecule is Cc1ccc(Nc2nc(N)c(C(=O)c3c(C)cccc3Cl)s2)cc1. The molecule has 24 heavy (non-hydrogen) atoms. The lowest BCUT2D eigenvalue weighted by atomic mass is 10.0. The van der Waals surface area contributed by atoms with E-state index >= 15 is 0 Å². The fourth-order valence-electron chi connectivity index (χ4n) is 2.34. The van der Waals surface area contributed by atoms with E-state index in [4.69, 9.17) is 17.3 Å². The number of rotatable bonds is 4. The quantitative estimate of drug-likeness (QED) is 0.647. The Labute approximate surface area is 149 Å². The van der Waals surface area contributed by atoms with Crippen LogP contribution < -0.4 is 11.1 Å². The molecule has 1 aromatic heterocycles. The maximum Gasteiger partial charge on any atom is 0.208 e. The lowest BCUT2D eigenvalue weighted by Gasteiger charge is -2.05. The summed E-state index contributed by atoms with van der Waals surface area (Å²) in [5.41, 5.74) is 9.30. The molecule has 0 aliphatic heterocycles. The predicted molar refractivity (Wildman–Crippen MR) is 101 cm³/mol. The van der Waals surface area contributed by atoms with Crippen molar-refractivity contribution in [1.29, 1.82) is 0 Å². The number of anilines is 3. The zero-order chi connectivity index (χ0) is 17.3. The van der Waals surface area contributed by atoms with E-state index in [0.29, 0.717) is 20.6 Å². The minimum atomic E-state index is -0.204. The van der Waals surface area contributed by atoms with Gasteiger partial charge in [-0.2, -0.15) is 0 Å². The summed E-state index contributed by atoms with van der Waals surface area (Å²) in [6.07, 6.45) is 0. The molecule has 0 spiro atoms. The molecule has 0 bridgehead atoms. The van der Waals surface area contributed by atoms with Crippen LogP contribution in [0.2, 0.25) is 5.02 Å². The van der Waals surface area contributed by atoms with E-state index in [0.717, 1.165) is 11.3 Å². The summed E-state index contributed by atoms with van der Waals surface area (Å²) in [6.45, 7) is 3.87. The van der Waals surface area contributed by atoms with Crippen molar-refractivity contribution in [3.8, 4) is 0 Å². The van der Waals surface area contributed by atoms with Crippen LogP contribution in [0.4, 0.5) is 16.6 Å². The summed E-state index contributed by atoms with van der Waals surface area (Å²) in [4.78, 5) is 17.4. The molecule has 3 aromatic rings. The molecule has 0 unspecified atom stereocenters. The summed E-state index contributed by atoms with van der Waals surface area (Å²) < 4.78 is 0. The third kappa shape index (κ3) is 3.27. The van der Waals surface area contributed by atoms with Gasteiger partial charge in [0.1, 0.15) is 10.7 Å². The van der Waals surface area contributed by atoms with Crippen LogP contribution in [-0.2, 0) is 0 Å². The molecule has 0 radical (unpaired) electrons. The second-order valence-corrected chi connectivity index (χ2v) is 6.89. The molecule has 0 fully saturated rings. The first-order chi connectivity index (χ1) is 11.5. The summed E-state index contributed by atoms with van der Waals surface area (Å²) in [5.74, 6) is 0.00369. The molecule has 122 valence electrons. The standard InChI is InChI=1S/C18H16ClN3OS/c1-10-6-8-12(9-7-10)21-18-22-17(20)16(24-18)15(23)14-11(2)4-3-5-13(14)19/h3-9H,20H2,1-2H3,(H,21,22). The maximum absolute atomic E-state index is 12.8. The second-order valence-electron chi connectivity index (χ2n) is 5.49. The minimum Gasteiger partial charge on any atom is -0.382 e. The van der Waals surface area contributed by atoms with Gasteiger partial charge in [-0.05, 0) is 37.6 Å². The number of carbonyl (C=O) groups is 1. The molecule has 6 heteroatoms. The third-order valence-corrected chi connectivity index (χ3v) is 4.91. The number of hydrogen-bond donors (Lipinski definition) is 2. The number of nitrogens with two attached hydrogens (primary N) is 1. The third-order valence-electron chi connectivity index (χ3n) is 3.61. The Hall–Kier alpha value is -2.37. The van der Waals surface area contributed by atoms with Crippen LogP contribution in [-0.4, -0.2) is 10.8 Å². The highest BCUT2D eigenvalue weighted by molar-refractivity contribution is 7.18. The van der Waals surface area contributed by atoms with Crippen LogP contribution >= 0.6 is 22.9 Å². The Balaban J connectivity index is 1.91. The lowest BCUT2D eigenvalue weighted by molar-refractivity contribution is 0.104. The van der Waals surface area contributed by atoms with Crippen LogP contribution in [0.1, 0.15) is 26.4 Å². The van der Waals surface area contributed by atoms with E-state index < -0.39 is 0 Å². The van der Waals surface area contributed by atoms with Gasteiger partial charge in [-0.1, -0.05) is 52.8 Å². The molecule has 2 aromatic carbocycles. The van der Waals surface area contributed by atoms with Crippen molar-refractivity contribution in [3.63, 3.8) is 0 Å². The van der Waals surface area contributed by atoms with E-state index in [-0.39, 0.29) is 11.6 Å². The normalized spacial score (nSPS) is 10.6. The van der Waals surface area contributed by atoms with Crippen LogP contribution in [0.5, 0.6) is 0 Å². The first-order valence-corrected chi connectivity index (χ1v) is 8.55. The number of aryl methyl sites for hydroxylation is 2. The molecule has 3 rings (SSSR count). The van der Waals surface area contributed by atoms with Crippen LogP contribution in [0, 0.1) is 13.8 Å². The molecule has 1 heterocycles. The number of carbonyl (C=O) groups excluding carboxylic acids is 1. The van der Waals surface area contributed by atoms with Crippen LogP contribution in [0.3, 0.4) is 0 Å². The molecule has 0 aliphatic carbocycles. The van der Waals surface area contributed by atoms with E-state index in [1.165, 1.54) is 16.9 Å². The lowest BCUT2D eigenvalue weighted by Crippen LogP contribution is -2.05. The van der Waals surface area contributed by atoms with Gasteiger partial charge in [-0.25, -0.2) is 4.98 Å². The number of ketones is 1. The summed E-state index contributed by atoms with van der Waals surface area (Å²) in [6, 6.07) is 13.3. The summed E-state index contributed by atoms with van der Waals surface area (Å²) in [7, 11) is 0. The minimum absolute atomic E-state index is 0.204. The van der Waals surface area contributed by atoms with Gasteiger partial charge in [-0.3, -0.25) is 4.79 Å². The highest BCUT2D eigenvalue weighted by atomic mass is 35.5. The van der Waals surface area contributed by atoms with Gasteiger partial charge < -0.3 is 11.1 Å². The number of halogens is 1. The Bertz CT molecular complexity index is 883. The molecule has 0 saturated heterocycles. The van der Waals surface area contributed by atoms with Crippen LogP contribution in [0.25, 0.3) is 0 Å². The zero-order valence-electron chi connectivity index (χ0n) is 13.3. The second kappa shape index (κ2) is 6.63. The van der Waals surface area contributed by atoms with Crippen molar-refractivity contribution in [1.82, 2.24) is 4.98 Å². The van der Waals surface area contributed by atoms with Crippen LogP contribution in [0.15, 0.2) is 42.5 Å². The van der Waals surface area contributed by atoms with Gasteiger partial charge in [0.15, 0.2) is 5.13 Å². The Morgan fingerprint density at radius 2 is 1.88 bits per heavy atom. The van der Waals surface area contributed by atoms with Gasteiger partial charge in [-0.15, -0.1) is 0 Å². The highest BCUT2D eigenvalue weighted by Gasteiger charge is 2.21. The van der Waals surface area contributed by atoms with Gasteiger partial charge >= 0.3 is 0 Å². The highest BCUT2D eigenvalue weighted by Crippen LogP contribution is 2.32. The van der Waals surface area contributed by atoms with Crippen molar-refractivity contribution >= 4 is 45.4 Å². The average molecular weight is 358 g/mol. The number of nitrogen functional groups attached to an aromatic ring is 1. The number of nitrogens with zero attached hydrogens (tertiary/aromatic N) is 1. The molecule has 4 nitrogen and oxygen atoms in total. The Morgan fingerprint density at radius 1 is 1.17 bits per heavy atom. The number of nitrogens with one attached hydrogen (secondary N) is 1. The first kappa shape index (κ1) is 16.5. The first-order valence-electron chi connectivity index (χ1n) is 7.35. The van der Waals surface area contributed by atoms with Gasteiger partial charge in [0, 0.05) is 11.3 Å². The average Bonchev–Trinajstić information content (AvgIpc) is 2.90. The van der Waals surface area contributed by atoms with E-state index in [2.05, 4.69) is 10.3 Å². The van der Waals surface area contributed by atoms with Crippen molar-refractivity contribution < 1.29 is 4.79 Å². The predicted octanol–water partition coefficient (Wildman–Crippen LogP) is 4.97. The Kier molecular flexibility index (Phi) is 4.55. The summed E-state index contributed by atoms with van der Waals surface area (Å²) in [5, 5.41) is 4.16. The smallest absolute Gasteiger partial charge is 0.208 e. The number of benzene rings is 2. The number of aromatic nitrogens is 1. The van der Waals surface area contributed by atoms with E-state index in [1.54, 1.807) is 6.07 Å². The Morgan fingerprint density at radius 3 is 2.54 bits per heavy atom. The van der Waals surface area contributed by atoms with Crippen molar-refractivity contribution in [2.45, 2.75) is 13.8 Å². The monoisotopic (exact) mass is 357 g/mol. The molecule has 0 atom stereocenters. The molecule has 0 amide bonds. The van der Waals surface area contributed by atoms with Gasteiger partial charge in [0.25, 0.3) is 0 Å². The topological polar surface area (TPSA) is 68.0 Å². The largest absolute Gasteiger partial charge is 0.382 e. The van der Waals surface area contributed by atoms with Crippen molar-refractivity contribution in [2.75, 3.05) is 11.1 Å². The molecule has 0 saturated carbocycles. The molecule has 0 aliphatic rings. The molecular weight excluding hydrogens is 342 g/mol. The fourth-order valence-corrected chi connectivity index (χ4v) is 3.50. The number of thiazole rings is 1.